The standard InChI is InChI=1S/C13H17NO3S/c1-10-2-3-11(17-10)4-5-12(15)14-8-13(16)6-7-18-9-13/h2-5,16H,6-9H2,1H3,(H,14,15)/b5-4+. The minimum Gasteiger partial charge on any atom is -0.462 e. The molecule has 1 saturated heterocycles. The lowest BCUT2D eigenvalue weighted by atomic mass is 10.0. The normalized spacial score (nSPS) is 23.7. The fourth-order valence-corrected chi connectivity index (χ4v) is 3.04. The van der Waals surface area contributed by atoms with Crippen molar-refractivity contribution >= 4 is 23.7 Å². The predicted octanol–water partition coefficient (Wildman–Crippen LogP) is 1.59. The number of furan rings is 1. The Hall–Kier alpha value is -1.20. The summed E-state index contributed by atoms with van der Waals surface area (Å²) in [6, 6.07) is 3.65. The van der Waals surface area contributed by atoms with Gasteiger partial charge in [-0.2, -0.15) is 11.8 Å². The molecule has 2 N–H and O–H groups in total. The van der Waals surface area contributed by atoms with E-state index in [1.54, 1.807) is 23.9 Å². The molecule has 0 aromatic carbocycles. The molecule has 2 heterocycles. The van der Waals surface area contributed by atoms with Gasteiger partial charge in [0.25, 0.3) is 0 Å². The van der Waals surface area contributed by atoms with Crippen molar-refractivity contribution in [2.75, 3.05) is 18.1 Å². The van der Waals surface area contributed by atoms with E-state index in [-0.39, 0.29) is 5.91 Å². The van der Waals surface area contributed by atoms with Gasteiger partial charge in [-0.25, -0.2) is 0 Å². The first-order valence-electron chi connectivity index (χ1n) is 5.90. The number of carbonyl (C=O) groups is 1. The van der Waals surface area contributed by atoms with Crippen LogP contribution >= 0.6 is 11.8 Å². The van der Waals surface area contributed by atoms with Gasteiger partial charge in [0.1, 0.15) is 11.5 Å². The van der Waals surface area contributed by atoms with Gasteiger partial charge in [0.15, 0.2) is 0 Å². The van der Waals surface area contributed by atoms with Gasteiger partial charge in [0.05, 0.1) is 5.60 Å². The molecule has 0 bridgehead atoms. The molecule has 5 heteroatoms. The van der Waals surface area contributed by atoms with E-state index in [1.165, 1.54) is 6.08 Å². The van der Waals surface area contributed by atoms with Crippen molar-refractivity contribution in [1.29, 1.82) is 0 Å². The fraction of sp³-hybridized carbons (Fsp3) is 0.462. The maximum atomic E-state index is 11.6. The summed E-state index contributed by atoms with van der Waals surface area (Å²) >= 11 is 1.71. The van der Waals surface area contributed by atoms with Gasteiger partial charge < -0.3 is 14.8 Å². The topological polar surface area (TPSA) is 62.5 Å². The third-order valence-electron chi connectivity index (χ3n) is 2.83. The van der Waals surface area contributed by atoms with Crippen LogP contribution in [0.5, 0.6) is 0 Å². The van der Waals surface area contributed by atoms with Crippen molar-refractivity contribution in [3.63, 3.8) is 0 Å². The van der Waals surface area contributed by atoms with E-state index in [2.05, 4.69) is 5.32 Å². The molecule has 1 aromatic heterocycles. The second kappa shape index (κ2) is 5.63. The zero-order chi connectivity index (χ0) is 13.0. The predicted molar refractivity (Wildman–Crippen MR) is 72.4 cm³/mol. The van der Waals surface area contributed by atoms with E-state index >= 15 is 0 Å². The fourth-order valence-electron chi connectivity index (χ4n) is 1.75. The van der Waals surface area contributed by atoms with E-state index in [4.69, 9.17) is 4.42 Å². The molecule has 1 unspecified atom stereocenters. The molecule has 0 aliphatic carbocycles. The van der Waals surface area contributed by atoms with Gasteiger partial charge in [-0.1, -0.05) is 0 Å². The molecule has 1 atom stereocenters. The highest BCUT2D eigenvalue weighted by molar-refractivity contribution is 7.99. The van der Waals surface area contributed by atoms with Crippen molar-refractivity contribution in [2.24, 2.45) is 0 Å². The van der Waals surface area contributed by atoms with Crippen LogP contribution in [0.3, 0.4) is 0 Å². The highest BCUT2D eigenvalue weighted by Crippen LogP contribution is 2.26. The molecule has 1 amide bonds. The molecule has 0 spiro atoms. The minimum absolute atomic E-state index is 0.214. The van der Waals surface area contributed by atoms with Gasteiger partial charge in [0, 0.05) is 18.4 Å². The van der Waals surface area contributed by atoms with Gasteiger partial charge >= 0.3 is 0 Å². The molecule has 1 fully saturated rings. The average Bonchev–Trinajstić information content (AvgIpc) is 2.94. The molecule has 0 saturated carbocycles. The lowest BCUT2D eigenvalue weighted by Crippen LogP contribution is -2.42. The molecule has 1 aliphatic rings. The Morgan fingerprint density at radius 3 is 3.11 bits per heavy atom. The van der Waals surface area contributed by atoms with Crippen molar-refractivity contribution in [2.45, 2.75) is 18.9 Å². The van der Waals surface area contributed by atoms with Crippen molar-refractivity contribution in [3.05, 3.63) is 29.7 Å². The van der Waals surface area contributed by atoms with E-state index < -0.39 is 5.60 Å². The highest BCUT2D eigenvalue weighted by Gasteiger charge is 2.31. The van der Waals surface area contributed by atoms with Crippen LogP contribution < -0.4 is 5.32 Å². The molecule has 1 aliphatic heterocycles. The third-order valence-corrected chi connectivity index (χ3v) is 4.07. The number of carbonyl (C=O) groups excluding carboxylic acids is 1. The summed E-state index contributed by atoms with van der Waals surface area (Å²) in [4.78, 5) is 11.6. The summed E-state index contributed by atoms with van der Waals surface area (Å²) in [6.07, 6.45) is 3.78. The summed E-state index contributed by atoms with van der Waals surface area (Å²) in [5.41, 5.74) is -0.741. The van der Waals surface area contributed by atoms with E-state index in [0.717, 1.165) is 17.9 Å². The van der Waals surface area contributed by atoms with Crippen LogP contribution in [0.15, 0.2) is 22.6 Å². The van der Waals surface area contributed by atoms with Crippen LogP contribution in [0.4, 0.5) is 0 Å². The second-order valence-electron chi connectivity index (χ2n) is 4.53. The molecular weight excluding hydrogens is 250 g/mol. The smallest absolute Gasteiger partial charge is 0.244 e. The second-order valence-corrected chi connectivity index (χ2v) is 5.63. The maximum Gasteiger partial charge on any atom is 0.244 e. The maximum absolute atomic E-state index is 11.6. The van der Waals surface area contributed by atoms with Crippen LogP contribution in [0.2, 0.25) is 0 Å². The Bertz CT molecular complexity index is 447. The van der Waals surface area contributed by atoms with Crippen LogP contribution in [-0.4, -0.2) is 34.7 Å². The van der Waals surface area contributed by atoms with Crippen LogP contribution in [-0.2, 0) is 4.79 Å². The quantitative estimate of drug-likeness (QED) is 0.813. The number of hydrogen-bond acceptors (Lipinski definition) is 4. The van der Waals surface area contributed by atoms with E-state index in [1.807, 2.05) is 13.0 Å². The Morgan fingerprint density at radius 2 is 2.50 bits per heavy atom. The van der Waals surface area contributed by atoms with Gasteiger partial charge in [-0.05, 0) is 37.3 Å². The first-order valence-corrected chi connectivity index (χ1v) is 7.05. The number of rotatable bonds is 4. The molecule has 98 valence electrons. The first kappa shape index (κ1) is 13.2. The largest absolute Gasteiger partial charge is 0.462 e. The number of aliphatic hydroxyl groups is 1. The molecular formula is C13H17NO3S. The number of aryl methyl sites for hydroxylation is 1. The van der Waals surface area contributed by atoms with Gasteiger partial charge in [-0.15, -0.1) is 0 Å². The zero-order valence-electron chi connectivity index (χ0n) is 10.3. The Morgan fingerprint density at radius 1 is 1.67 bits per heavy atom. The zero-order valence-corrected chi connectivity index (χ0v) is 11.1. The number of hydrogen-bond donors (Lipinski definition) is 2. The summed E-state index contributed by atoms with van der Waals surface area (Å²) < 4.78 is 5.31. The number of amides is 1. The highest BCUT2D eigenvalue weighted by atomic mass is 32.2. The third kappa shape index (κ3) is 3.65. The summed E-state index contributed by atoms with van der Waals surface area (Å²) in [7, 11) is 0. The lowest BCUT2D eigenvalue weighted by Gasteiger charge is -2.20. The monoisotopic (exact) mass is 267 g/mol. The minimum atomic E-state index is -0.741. The summed E-state index contributed by atoms with van der Waals surface area (Å²) in [6.45, 7) is 2.16. The number of nitrogens with one attached hydrogen (secondary N) is 1. The first-order chi connectivity index (χ1) is 8.57. The molecule has 4 nitrogen and oxygen atoms in total. The Balaban J connectivity index is 1.80. The molecule has 18 heavy (non-hydrogen) atoms. The lowest BCUT2D eigenvalue weighted by molar-refractivity contribution is -0.117. The molecule has 0 radical (unpaired) electrons. The Labute approximate surface area is 110 Å². The van der Waals surface area contributed by atoms with Crippen molar-refractivity contribution in [3.8, 4) is 0 Å². The molecule has 1 aromatic rings. The van der Waals surface area contributed by atoms with Crippen molar-refractivity contribution < 1.29 is 14.3 Å². The van der Waals surface area contributed by atoms with E-state index in [0.29, 0.717) is 18.1 Å². The van der Waals surface area contributed by atoms with Crippen molar-refractivity contribution in [1.82, 2.24) is 5.32 Å². The Kier molecular flexibility index (Phi) is 4.14. The van der Waals surface area contributed by atoms with Gasteiger partial charge in [-0.3, -0.25) is 4.79 Å². The van der Waals surface area contributed by atoms with E-state index in [9.17, 15) is 9.90 Å². The van der Waals surface area contributed by atoms with Crippen LogP contribution in [0.1, 0.15) is 17.9 Å². The average molecular weight is 267 g/mol. The number of thioether (sulfide) groups is 1. The summed E-state index contributed by atoms with van der Waals surface area (Å²) in [5.74, 6) is 2.89. The SMILES string of the molecule is Cc1ccc(/C=C/C(=O)NCC2(O)CCSC2)o1. The summed E-state index contributed by atoms with van der Waals surface area (Å²) in [5, 5.41) is 12.8. The van der Waals surface area contributed by atoms with Crippen LogP contribution in [0.25, 0.3) is 6.08 Å². The molecule has 2 rings (SSSR count). The van der Waals surface area contributed by atoms with Crippen LogP contribution in [0, 0.1) is 6.92 Å². The van der Waals surface area contributed by atoms with Gasteiger partial charge in [0.2, 0.25) is 5.91 Å².